The second-order valence-corrected chi connectivity index (χ2v) is 11.7. The summed E-state index contributed by atoms with van der Waals surface area (Å²) in [7, 11) is 0. The van der Waals surface area contributed by atoms with Crippen LogP contribution in [-0.4, -0.2) is 5.84 Å². The molecule has 0 amide bonds. The van der Waals surface area contributed by atoms with E-state index in [1.54, 1.807) is 0 Å². The van der Waals surface area contributed by atoms with Crippen LogP contribution in [0.3, 0.4) is 0 Å². The van der Waals surface area contributed by atoms with Gasteiger partial charge < -0.3 is 15.9 Å². The summed E-state index contributed by atoms with van der Waals surface area (Å²) in [6.45, 7) is 2.72. The highest BCUT2D eigenvalue weighted by molar-refractivity contribution is 6.17. The third-order valence-electron chi connectivity index (χ3n) is 8.33. The minimum atomic E-state index is 0.0368. The molecule has 0 aliphatic rings. The minimum absolute atomic E-state index is 0.0368. The Hall–Kier alpha value is -6.23. The smallest absolute Gasteiger partial charge is 0.136 e. The number of fused-ring (bicyclic) bond motifs is 3. The van der Waals surface area contributed by atoms with Gasteiger partial charge in [-0.2, -0.15) is 0 Å². The van der Waals surface area contributed by atoms with Gasteiger partial charge in [-0.25, -0.2) is 0 Å². The van der Waals surface area contributed by atoms with Crippen LogP contribution in [0.2, 0.25) is 0 Å². The van der Waals surface area contributed by atoms with E-state index in [0.29, 0.717) is 12.1 Å². The van der Waals surface area contributed by atoms with E-state index in [1.807, 2.05) is 84.9 Å². The van der Waals surface area contributed by atoms with E-state index in [4.69, 9.17) is 21.3 Å². The summed E-state index contributed by atoms with van der Waals surface area (Å²) in [6.07, 6.45) is 0. The lowest BCUT2D eigenvalue weighted by Crippen LogP contribution is -2.11. The summed E-state index contributed by atoms with van der Waals surface area (Å²) in [4.78, 5) is 0. The van der Waals surface area contributed by atoms with Gasteiger partial charge in [0.15, 0.2) is 0 Å². The predicted octanol–water partition coefficient (Wildman–Crippen LogP) is 11.0. The third kappa shape index (κ3) is 7.84. The Balaban J connectivity index is 0.000000228. The van der Waals surface area contributed by atoms with Crippen LogP contribution in [0.1, 0.15) is 16.7 Å². The van der Waals surface area contributed by atoms with Crippen molar-refractivity contribution in [3.63, 3.8) is 0 Å². The summed E-state index contributed by atoms with van der Waals surface area (Å²) in [5.41, 5.74) is 22.9. The van der Waals surface area contributed by atoms with Crippen molar-refractivity contribution in [3.05, 3.63) is 193 Å². The molecular formula is C45H39N3O. The molecule has 0 saturated heterocycles. The number of rotatable bonds is 5. The Morgan fingerprint density at radius 1 is 0.531 bits per heavy atom. The average Bonchev–Trinajstić information content (AvgIpc) is 3.55. The molecule has 8 aromatic rings. The predicted molar refractivity (Wildman–Crippen MR) is 207 cm³/mol. The molecule has 0 radical (unpaired) electrons. The topological polar surface area (TPSA) is 89.0 Å². The first-order valence-corrected chi connectivity index (χ1v) is 16.3. The van der Waals surface area contributed by atoms with Crippen LogP contribution in [0.15, 0.2) is 180 Å². The molecule has 0 saturated carbocycles. The van der Waals surface area contributed by atoms with Crippen LogP contribution >= 0.6 is 0 Å². The molecular weight excluding hydrogens is 599 g/mol. The zero-order valence-electron chi connectivity index (χ0n) is 27.5. The highest BCUT2D eigenvalue weighted by Gasteiger charge is 2.16. The summed E-state index contributed by atoms with van der Waals surface area (Å²) < 4.78 is 6.09. The standard InChI is InChI=1S/C31H22N2O.C7H9N.C7H8/c32-31(33)25-12-7-13-29-30(25)27-19-23(15-17-28(27)34-29)26-18-22(20-8-3-1-4-9-20)14-16-24(26)21-10-5-2-6-11-21;8-6-7-4-2-1-3-5-7;1-7-5-3-2-4-6-7/h1-19H,(H3,32,33);1-5H,6,8H2;2-6H,1H3. The van der Waals surface area contributed by atoms with Crippen molar-refractivity contribution < 1.29 is 4.42 Å². The third-order valence-corrected chi connectivity index (χ3v) is 8.33. The highest BCUT2D eigenvalue weighted by atomic mass is 16.3. The maximum Gasteiger partial charge on any atom is 0.136 e. The number of nitrogens with one attached hydrogen (secondary N) is 1. The van der Waals surface area contributed by atoms with Gasteiger partial charge in [0.2, 0.25) is 0 Å². The molecule has 0 fully saturated rings. The van der Waals surface area contributed by atoms with Crippen LogP contribution in [0.5, 0.6) is 0 Å². The van der Waals surface area contributed by atoms with Gasteiger partial charge in [-0.05, 0) is 70.1 Å². The zero-order valence-corrected chi connectivity index (χ0v) is 27.5. The van der Waals surface area contributed by atoms with Gasteiger partial charge in [-0.15, -0.1) is 0 Å². The molecule has 8 rings (SSSR count). The van der Waals surface area contributed by atoms with E-state index in [1.165, 1.54) is 27.8 Å². The quantitative estimate of drug-likeness (QED) is 0.130. The second kappa shape index (κ2) is 15.6. The number of hydrogen-bond donors (Lipinski definition) is 3. The molecule has 0 unspecified atom stereocenters. The summed E-state index contributed by atoms with van der Waals surface area (Å²) in [6, 6.07) is 59.7. The second-order valence-electron chi connectivity index (χ2n) is 11.7. The summed E-state index contributed by atoms with van der Waals surface area (Å²) >= 11 is 0. The van der Waals surface area contributed by atoms with Crippen molar-refractivity contribution in [1.82, 2.24) is 0 Å². The molecule has 0 atom stereocenters. The Bertz CT molecular complexity index is 2280. The summed E-state index contributed by atoms with van der Waals surface area (Å²) in [5, 5.41) is 9.90. The van der Waals surface area contributed by atoms with E-state index in [2.05, 4.69) is 97.9 Å². The Morgan fingerprint density at radius 2 is 1.12 bits per heavy atom. The number of furan rings is 1. The molecule has 0 aliphatic heterocycles. The van der Waals surface area contributed by atoms with Crippen LogP contribution in [0.25, 0.3) is 55.3 Å². The molecule has 0 aliphatic carbocycles. The first kappa shape index (κ1) is 32.7. The lowest BCUT2D eigenvalue weighted by molar-refractivity contribution is 0.669. The molecule has 0 spiro atoms. The number of hydrogen-bond acceptors (Lipinski definition) is 3. The van der Waals surface area contributed by atoms with Crippen molar-refractivity contribution in [3.8, 4) is 33.4 Å². The first-order valence-electron chi connectivity index (χ1n) is 16.3. The van der Waals surface area contributed by atoms with Gasteiger partial charge in [-0.3, -0.25) is 5.41 Å². The minimum Gasteiger partial charge on any atom is -0.456 e. The van der Waals surface area contributed by atoms with E-state index < -0.39 is 0 Å². The van der Waals surface area contributed by atoms with Crippen molar-refractivity contribution in [2.24, 2.45) is 11.5 Å². The van der Waals surface area contributed by atoms with Gasteiger partial charge in [0.25, 0.3) is 0 Å². The molecule has 1 heterocycles. The highest BCUT2D eigenvalue weighted by Crippen LogP contribution is 2.39. The fraction of sp³-hybridized carbons (Fsp3) is 0.0444. The van der Waals surface area contributed by atoms with Gasteiger partial charge >= 0.3 is 0 Å². The fourth-order valence-corrected chi connectivity index (χ4v) is 5.83. The van der Waals surface area contributed by atoms with Gasteiger partial charge in [0, 0.05) is 22.9 Å². The van der Waals surface area contributed by atoms with Crippen LogP contribution < -0.4 is 11.5 Å². The SMILES string of the molecule is Cc1ccccc1.N=C(N)c1cccc2oc3ccc(-c4cc(-c5ccccc5)ccc4-c4ccccc4)cc3c12.NCc1ccccc1. The van der Waals surface area contributed by atoms with Crippen molar-refractivity contribution in [2.75, 3.05) is 0 Å². The van der Waals surface area contributed by atoms with E-state index >= 15 is 0 Å². The molecule has 240 valence electrons. The molecule has 4 nitrogen and oxygen atoms in total. The number of benzene rings is 7. The maximum atomic E-state index is 8.06. The molecule has 49 heavy (non-hydrogen) atoms. The largest absolute Gasteiger partial charge is 0.456 e. The number of amidine groups is 1. The van der Waals surface area contributed by atoms with Crippen molar-refractivity contribution in [1.29, 1.82) is 5.41 Å². The lowest BCUT2D eigenvalue weighted by atomic mass is 9.90. The first-order chi connectivity index (χ1) is 24.0. The molecule has 4 heteroatoms. The monoisotopic (exact) mass is 637 g/mol. The number of aryl methyl sites for hydroxylation is 1. The normalized spacial score (nSPS) is 10.5. The van der Waals surface area contributed by atoms with Crippen molar-refractivity contribution >= 4 is 27.8 Å². The zero-order chi connectivity index (χ0) is 34.0. The molecule has 5 N–H and O–H groups in total. The Kier molecular flexibility index (Phi) is 10.4. The van der Waals surface area contributed by atoms with E-state index in [0.717, 1.165) is 38.6 Å². The van der Waals surface area contributed by atoms with Crippen LogP contribution in [0, 0.1) is 12.3 Å². The van der Waals surface area contributed by atoms with Crippen LogP contribution in [-0.2, 0) is 6.54 Å². The molecule has 7 aromatic carbocycles. The molecule has 1 aromatic heterocycles. The maximum absolute atomic E-state index is 8.06. The van der Waals surface area contributed by atoms with Crippen molar-refractivity contribution in [2.45, 2.75) is 13.5 Å². The van der Waals surface area contributed by atoms with E-state index in [-0.39, 0.29) is 5.84 Å². The summed E-state index contributed by atoms with van der Waals surface area (Å²) in [5.74, 6) is 0.0368. The Labute approximate surface area is 287 Å². The van der Waals surface area contributed by atoms with Gasteiger partial charge in [0.1, 0.15) is 17.0 Å². The average molecular weight is 638 g/mol. The van der Waals surface area contributed by atoms with E-state index in [9.17, 15) is 0 Å². The lowest BCUT2D eigenvalue weighted by Gasteiger charge is -2.13. The molecule has 0 bridgehead atoms. The van der Waals surface area contributed by atoms with Gasteiger partial charge in [-0.1, -0.05) is 157 Å². The fourth-order valence-electron chi connectivity index (χ4n) is 5.83. The van der Waals surface area contributed by atoms with Gasteiger partial charge in [0.05, 0.1) is 0 Å². The number of nitrogens with two attached hydrogens (primary N) is 2. The van der Waals surface area contributed by atoms with Crippen LogP contribution in [0.4, 0.5) is 0 Å². The number of nitrogen functional groups attached to an aromatic ring is 1. The Morgan fingerprint density at radius 3 is 1.69 bits per heavy atom.